The molecule has 7 rings (SSSR count). The molecule has 0 aromatic carbocycles. The monoisotopic (exact) mass is 749 g/mol. The van der Waals surface area contributed by atoms with Gasteiger partial charge in [-0.15, -0.1) is 5.10 Å². The number of alkyl halides is 2. The van der Waals surface area contributed by atoms with Gasteiger partial charge in [-0.3, -0.25) is 10.2 Å². The summed E-state index contributed by atoms with van der Waals surface area (Å²) >= 11 is 0. The van der Waals surface area contributed by atoms with Crippen molar-refractivity contribution in [3.05, 3.63) is 42.5 Å². The maximum atomic E-state index is 13.5. The van der Waals surface area contributed by atoms with E-state index in [1.807, 2.05) is 18.3 Å². The van der Waals surface area contributed by atoms with Crippen molar-refractivity contribution < 1.29 is 49.8 Å². The molecule has 1 aliphatic heterocycles. The number of rotatable bonds is 4. The van der Waals surface area contributed by atoms with Crippen molar-refractivity contribution in [1.82, 2.24) is 24.6 Å². The van der Waals surface area contributed by atoms with Gasteiger partial charge in [0.2, 0.25) is 0 Å². The van der Waals surface area contributed by atoms with Crippen LogP contribution in [-0.4, -0.2) is 63.1 Å². The van der Waals surface area contributed by atoms with E-state index >= 15 is 0 Å². The van der Waals surface area contributed by atoms with E-state index in [4.69, 9.17) is 4.74 Å². The summed E-state index contributed by atoms with van der Waals surface area (Å²) in [6, 6.07) is 5.35. The molecular weight excluding hydrogens is 718 g/mol. The Kier molecular flexibility index (Phi) is 9.87. The number of halogens is 2. The van der Waals surface area contributed by atoms with Crippen LogP contribution in [0.2, 0.25) is 0 Å². The Morgan fingerprint density at radius 2 is 1.66 bits per heavy atom. The van der Waals surface area contributed by atoms with Gasteiger partial charge < -0.3 is 9.64 Å². The van der Waals surface area contributed by atoms with E-state index in [0.717, 1.165) is 23.8 Å². The first-order valence-electron chi connectivity index (χ1n) is 12.7. The van der Waals surface area contributed by atoms with Crippen LogP contribution in [0.1, 0.15) is 50.6 Å². The SMILES string of the molecule is C1CC1.C1CC1.CN(O)c1cc2c(-c3nc4ccc(N5CCOCC5)cn4n3)cnc(C(F)F)c2cn1.[U]. The summed E-state index contributed by atoms with van der Waals surface area (Å²) < 4.78 is 34.0. The second-order valence-corrected chi connectivity index (χ2v) is 9.32. The minimum absolute atomic E-state index is 0. The van der Waals surface area contributed by atoms with Crippen molar-refractivity contribution in [2.24, 2.45) is 0 Å². The van der Waals surface area contributed by atoms with E-state index < -0.39 is 6.43 Å². The van der Waals surface area contributed by atoms with Crippen molar-refractivity contribution in [3.8, 4) is 11.4 Å². The van der Waals surface area contributed by atoms with Crippen LogP contribution >= 0.6 is 0 Å². The molecule has 0 spiro atoms. The molecule has 2 saturated carbocycles. The summed E-state index contributed by atoms with van der Waals surface area (Å²) in [6.07, 6.45) is 10.7. The Labute approximate surface area is 243 Å². The summed E-state index contributed by atoms with van der Waals surface area (Å²) in [4.78, 5) is 14.7. The van der Waals surface area contributed by atoms with Crippen molar-refractivity contribution in [2.75, 3.05) is 43.3 Å². The number of ether oxygens (including phenoxy) is 1. The third kappa shape index (κ3) is 7.17. The van der Waals surface area contributed by atoms with Gasteiger partial charge in [0.1, 0.15) is 5.69 Å². The van der Waals surface area contributed by atoms with Crippen LogP contribution in [-0.2, 0) is 4.74 Å². The molecule has 3 fully saturated rings. The molecule has 12 heteroatoms. The fourth-order valence-electron chi connectivity index (χ4n) is 3.67. The third-order valence-electron chi connectivity index (χ3n) is 5.97. The summed E-state index contributed by atoms with van der Waals surface area (Å²) in [5.41, 5.74) is 1.71. The molecule has 3 aliphatic rings. The Morgan fingerprint density at radius 1 is 0.974 bits per heavy atom. The van der Waals surface area contributed by atoms with Crippen molar-refractivity contribution in [1.29, 1.82) is 0 Å². The fraction of sp³-hybridized carbons (Fsp3) is 0.462. The van der Waals surface area contributed by atoms with Gasteiger partial charge in [0.05, 0.1) is 25.1 Å². The molecule has 4 aromatic heterocycles. The van der Waals surface area contributed by atoms with E-state index in [9.17, 15) is 14.0 Å². The summed E-state index contributed by atoms with van der Waals surface area (Å²) in [7, 11) is 1.40. The molecule has 38 heavy (non-hydrogen) atoms. The fourth-order valence-corrected chi connectivity index (χ4v) is 3.67. The van der Waals surface area contributed by atoms with Crippen LogP contribution < -0.4 is 9.96 Å². The minimum atomic E-state index is -2.76. The van der Waals surface area contributed by atoms with Crippen LogP contribution in [0.3, 0.4) is 0 Å². The smallest absolute Gasteiger partial charge is 0.281 e. The van der Waals surface area contributed by atoms with Crippen LogP contribution in [0.5, 0.6) is 0 Å². The number of hydroxylamine groups is 1. The van der Waals surface area contributed by atoms with Gasteiger partial charge in [-0.05, 0) is 18.2 Å². The molecule has 200 valence electrons. The van der Waals surface area contributed by atoms with E-state index in [2.05, 4.69) is 25.0 Å². The second-order valence-electron chi connectivity index (χ2n) is 9.32. The van der Waals surface area contributed by atoms with Crippen molar-refractivity contribution in [3.63, 3.8) is 0 Å². The van der Waals surface area contributed by atoms with Crippen molar-refractivity contribution >= 4 is 27.9 Å². The maximum Gasteiger partial charge on any atom is 0.281 e. The first-order chi connectivity index (χ1) is 18.0. The van der Waals surface area contributed by atoms with Gasteiger partial charge in [0.15, 0.2) is 17.3 Å². The number of anilines is 2. The molecule has 4 aromatic rings. The number of fused-ring (bicyclic) bond motifs is 2. The topological polar surface area (TPSA) is 91.9 Å². The average molecular weight is 750 g/mol. The number of hydrogen-bond donors (Lipinski definition) is 1. The zero-order chi connectivity index (χ0) is 25.8. The average Bonchev–Trinajstić information content (AvgIpc) is 3.82. The van der Waals surface area contributed by atoms with Crippen LogP contribution in [0, 0.1) is 31.1 Å². The van der Waals surface area contributed by atoms with Crippen LogP contribution in [0.4, 0.5) is 20.3 Å². The number of nitrogens with zero attached hydrogens (tertiary/aromatic N) is 7. The molecule has 2 aliphatic carbocycles. The molecular formula is C26H31F2N7O2U. The zero-order valence-electron chi connectivity index (χ0n) is 21.4. The largest absolute Gasteiger partial charge is 0.378 e. The van der Waals surface area contributed by atoms with E-state index in [0.29, 0.717) is 35.6 Å². The Bertz CT molecular complexity index is 1350. The number of aromatic nitrogens is 5. The minimum Gasteiger partial charge on any atom is -0.378 e. The summed E-state index contributed by atoms with van der Waals surface area (Å²) in [5, 5.41) is 15.7. The first kappa shape index (κ1) is 28.6. The number of pyridine rings is 3. The van der Waals surface area contributed by atoms with Gasteiger partial charge >= 0.3 is 0 Å². The van der Waals surface area contributed by atoms with Crippen LogP contribution in [0.25, 0.3) is 27.8 Å². The second kappa shape index (κ2) is 13.1. The Balaban J connectivity index is 0.000000424. The molecule has 0 amide bonds. The predicted molar refractivity (Wildman–Crippen MR) is 137 cm³/mol. The number of morpholine rings is 1. The molecule has 0 radical (unpaired) electrons. The van der Waals surface area contributed by atoms with E-state index in [1.54, 1.807) is 4.52 Å². The van der Waals surface area contributed by atoms with Gasteiger partial charge in [-0.25, -0.2) is 28.3 Å². The van der Waals surface area contributed by atoms with E-state index in [-0.39, 0.29) is 48.0 Å². The molecule has 1 saturated heterocycles. The summed E-state index contributed by atoms with van der Waals surface area (Å²) in [5.74, 6) is 0.550. The molecule has 0 atom stereocenters. The van der Waals surface area contributed by atoms with Gasteiger partial charge in [-0.2, -0.15) is 0 Å². The normalized spacial score (nSPS) is 15.8. The van der Waals surface area contributed by atoms with Crippen molar-refractivity contribution in [2.45, 2.75) is 45.0 Å². The first-order valence-corrected chi connectivity index (χ1v) is 12.7. The zero-order valence-corrected chi connectivity index (χ0v) is 25.5. The Hall–Kier alpha value is -2.39. The summed E-state index contributed by atoms with van der Waals surface area (Å²) in [6.45, 7) is 2.93. The molecule has 0 unspecified atom stereocenters. The quantitative estimate of drug-likeness (QED) is 0.282. The van der Waals surface area contributed by atoms with Gasteiger partial charge in [0, 0.05) is 80.0 Å². The Morgan fingerprint density at radius 3 is 2.26 bits per heavy atom. The molecule has 1 N–H and O–H groups in total. The van der Waals surface area contributed by atoms with Gasteiger partial charge in [0.25, 0.3) is 6.43 Å². The molecule has 5 heterocycles. The van der Waals surface area contributed by atoms with Gasteiger partial charge in [-0.1, -0.05) is 38.5 Å². The molecule has 0 bridgehead atoms. The van der Waals surface area contributed by atoms with E-state index in [1.165, 1.54) is 64.0 Å². The maximum absolute atomic E-state index is 13.5. The third-order valence-corrected chi connectivity index (χ3v) is 5.97. The molecule has 9 nitrogen and oxygen atoms in total. The van der Waals surface area contributed by atoms with Crippen LogP contribution in [0.15, 0.2) is 36.8 Å². The predicted octanol–water partition coefficient (Wildman–Crippen LogP) is 5.28. The number of hydrogen-bond acceptors (Lipinski definition) is 8. The standard InChI is InChI=1S/C20H19F2N7O2.2C3H6.U/c1-27(30)17-8-13-14(9-23-17)18(19(21)22)24-10-15(13)20-25-16-3-2-12(11-29(16)26-20)28-4-6-31-7-5-28;2*1-2-3-1;/h2-3,8-11,19,30H,4-7H2,1H3;2*1-3H2;.